The Morgan fingerprint density at radius 2 is 2.17 bits per heavy atom. The molecule has 0 saturated carbocycles. The van der Waals surface area contributed by atoms with Crippen molar-refractivity contribution in [2.24, 2.45) is 0 Å². The molecule has 6 heteroatoms. The van der Waals surface area contributed by atoms with Crippen LogP contribution >= 0.6 is 0 Å². The number of pyridine rings is 1. The van der Waals surface area contributed by atoms with E-state index in [0.717, 1.165) is 61.9 Å². The van der Waals surface area contributed by atoms with Crippen LogP contribution in [0.3, 0.4) is 0 Å². The zero-order valence-corrected chi connectivity index (χ0v) is 12.8. The molecule has 4 heterocycles. The first-order valence-electron chi connectivity index (χ1n) is 7.95. The summed E-state index contributed by atoms with van der Waals surface area (Å²) >= 11 is 0. The molecule has 1 N–H and O–H groups in total. The van der Waals surface area contributed by atoms with Crippen LogP contribution in [0.2, 0.25) is 0 Å². The van der Waals surface area contributed by atoms with Gasteiger partial charge in [0, 0.05) is 25.8 Å². The Morgan fingerprint density at radius 1 is 1.22 bits per heavy atom. The van der Waals surface area contributed by atoms with E-state index in [1.807, 2.05) is 16.5 Å². The first kappa shape index (κ1) is 14.4. The van der Waals surface area contributed by atoms with Crippen molar-refractivity contribution in [3.63, 3.8) is 0 Å². The molecule has 0 radical (unpaired) electrons. The largest absolute Gasteiger partial charge is 0.463 e. The maximum absolute atomic E-state index is 13.7. The predicted octanol–water partition coefficient (Wildman–Crippen LogP) is 2.53. The van der Waals surface area contributed by atoms with Crippen LogP contribution in [-0.2, 0) is 6.54 Å². The minimum atomic E-state index is -0.264. The minimum absolute atomic E-state index is 0.264. The molecule has 1 saturated heterocycles. The fourth-order valence-corrected chi connectivity index (χ4v) is 3.10. The summed E-state index contributed by atoms with van der Waals surface area (Å²) in [5.74, 6) is 0.455. The zero-order chi connectivity index (χ0) is 15.6. The number of furan rings is 1. The van der Waals surface area contributed by atoms with E-state index in [-0.39, 0.29) is 5.82 Å². The van der Waals surface area contributed by atoms with Crippen molar-refractivity contribution in [2.75, 3.05) is 26.2 Å². The first-order valence-corrected chi connectivity index (χ1v) is 7.95. The fraction of sp³-hybridized carbons (Fsp3) is 0.353. The molecule has 0 bridgehead atoms. The molecule has 5 nitrogen and oxygen atoms in total. The molecule has 0 unspecified atom stereocenters. The predicted molar refractivity (Wildman–Crippen MR) is 85.6 cm³/mol. The molecule has 1 aliphatic rings. The van der Waals surface area contributed by atoms with E-state index in [9.17, 15) is 4.39 Å². The number of aromatic nitrogens is 2. The van der Waals surface area contributed by atoms with Gasteiger partial charge in [-0.05, 0) is 43.8 Å². The van der Waals surface area contributed by atoms with Crippen LogP contribution < -0.4 is 5.32 Å². The van der Waals surface area contributed by atoms with Gasteiger partial charge in [0.05, 0.1) is 12.0 Å². The van der Waals surface area contributed by atoms with Crippen molar-refractivity contribution >= 4 is 5.65 Å². The van der Waals surface area contributed by atoms with Crippen LogP contribution in [-0.4, -0.2) is 40.5 Å². The summed E-state index contributed by atoms with van der Waals surface area (Å²) < 4.78 is 21.1. The van der Waals surface area contributed by atoms with Crippen molar-refractivity contribution < 1.29 is 8.81 Å². The molecule has 120 valence electrons. The minimum Gasteiger partial charge on any atom is -0.463 e. The Morgan fingerprint density at radius 3 is 3.04 bits per heavy atom. The second-order valence-electron chi connectivity index (χ2n) is 5.84. The van der Waals surface area contributed by atoms with Crippen LogP contribution in [0.5, 0.6) is 0 Å². The van der Waals surface area contributed by atoms with E-state index in [1.165, 1.54) is 12.3 Å². The van der Waals surface area contributed by atoms with Crippen molar-refractivity contribution in [3.8, 4) is 11.5 Å². The molecule has 1 aliphatic heterocycles. The van der Waals surface area contributed by atoms with E-state index in [1.54, 1.807) is 12.3 Å². The topological polar surface area (TPSA) is 45.7 Å². The van der Waals surface area contributed by atoms with Gasteiger partial charge < -0.3 is 9.73 Å². The van der Waals surface area contributed by atoms with Gasteiger partial charge in [-0.3, -0.25) is 9.30 Å². The number of fused-ring (bicyclic) bond motifs is 1. The SMILES string of the molecule is Fc1ccc2nc(-c3ccco3)c(CN3CCCNCC3)n2c1. The number of nitrogens with zero attached hydrogens (tertiary/aromatic N) is 3. The van der Waals surface area contributed by atoms with Gasteiger partial charge in [0.1, 0.15) is 17.2 Å². The molecule has 0 aromatic carbocycles. The van der Waals surface area contributed by atoms with E-state index in [2.05, 4.69) is 15.2 Å². The lowest BCUT2D eigenvalue weighted by Crippen LogP contribution is -2.28. The molecule has 0 amide bonds. The maximum Gasteiger partial charge on any atom is 0.154 e. The molecule has 0 atom stereocenters. The molecule has 3 aromatic rings. The summed E-state index contributed by atoms with van der Waals surface area (Å²) in [6, 6.07) is 6.88. The molecular weight excluding hydrogens is 295 g/mol. The fourth-order valence-electron chi connectivity index (χ4n) is 3.10. The molecule has 3 aromatic heterocycles. The average molecular weight is 314 g/mol. The Bertz CT molecular complexity index is 788. The number of hydrogen-bond donors (Lipinski definition) is 1. The second kappa shape index (κ2) is 6.14. The Balaban J connectivity index is 1.78. The Labute approximate surface area is 133 Å². The first-order chi connectivity index (χ1) is 11.3. The monoisotopic (exact) mass is 314 g/mol. The van der Waals surface area contributed by atoms with Gasteiger partial charge in [-0.1, -0.05) is 0 Å². The summed E-state index contributed by atoms with van der Waals surface area (Å²) in [4.78, 5) is 7.02. The van der Waals surface area contributed by atoms with Gasteiger partial charge in [-0.15, -0.1) is 0 Å². The van der Waals surface area contributed by atoms with E-state index in [4.69, 9.17) is 4.42 Å². The van der Waals surface area contributed by atoms with Gasteiger partial charge in [0.2, 0.25) is 0 Å². The molecule has 4 rings (SSSR count). The second-order valence-corrected chi connectivity index (χ2v) is 5.84. The lowest BCUT2D eigenvalue weighted by molar-refractivity contribution is 0.280. The zero-order valence-electron chi connectivity index (χ0n) is 12.8. The number of hydrogen-bond acceptors (Lipinski definition) is 4. The number of rotatable bonds is 3. The molecule has 1 fully saturated rings. The van der Waals surface area contributed by atoms with Crippen molar-refractivity contribution in [1.82, 2.24) is 19.6 Å². The third-order valence-electron chi connectivity index (χ3n) is 4.24. The highest BCUT2D eigenvalue weighted by molar-refractivity contribution is 5.62. The number of imidazole rings is 1. The van der Waals surface area contributed by atoms with Gasteiger partial charge in [0.25, 0.3) is 0 Å². The average Bonchev–Trinajstić information content (AvgIpc) is 3.10. The van der Waals surface area contributed by atoms with Crippen LogP contribution in [0.25, 0.3) is 17.1 Å². The van der Waals surface area contributed by atoms with Crippen molar-refractivity contribution in [3.05, 3.63) is 48.2 Å². The number of nitrogens with one attached hydrogen (secondary N) is 1. The summed E-state index contributed by atoms with van der Waals surface area (Å²) in [5.41, 5.74) is 2.50. The summed E-state index contributed by atoms with van der Waals surface area (Å²) in [6.45, 7) is 4.74. The van der Waals surface area contributed by atoms with Crippen molar-refractivity contribution in [1.29, 1.82) is 0 Å². The van der Waals surface area contributed by atoms with Gasteiger partial charge >= 0.3 is 0 Å². The van der Waals surface area contributed by atoms with Crippen LogP contribution in [0, 0.1) is 5.82 Å². The molecule has 0 spiro atoms. The Hall–Kier alpha value is -2.18. The standard InChI is InChI=1S/C17H19FN4O/c18-13-4-5-16-20-17(15-3-1-10-23-15)14(22(16)11-13)12-21-8-2-6-19-7-9-21/h1,3-5,10-11,19H,2,6-9,12H2. The van der Waals surface area contributed by atoms with E-state index < -0.39 is 0 Å². The highest BCUT2D eigenvalue weighted by Gasteiger charge is 2.19. The molecule has 23 heavy (non-hydrogen) atoms. The van der Waals surface area contributed by atoms with Crippen molar-refractivity contribution in [2.45, 2.75) is 13.0 Å². The summed E-state index contributed by atoms with van der Waals surface area (Å²) in [7, 11) is 0. The van der Waals surface area contributed by atoms with Crippen LogP contribution in [0.15, 0.2) is 41.1 Å². The van der Waals surface area contributed by atoms with Crippen LogP contribution in [0.4, 0.5) is 4.39 Å². The highest BCUT2D eigenvalue weighted by atomic mass is 19.1. The third-order valence-corrected chi connectivity index (χ3v) is 4.24. The van der Waals surface area contributed by atoms with E-state index in [0.29, 0.717) is 0 Å². The highest BCUT2D eigenvalue weighted by Crippen LogP contribution is 2.26. The molecule has 0 aliphatic carbocycles. The summed E-state index contributed by atoms with van der Waals surface area (Å²) in [5, 5.41) is 3.40. The van der Waals surface area contributed by atoms with Crippen LogP contribution in [0.1, 0.15) is 12.1 Å². The number of halogens is 1. The third kappa shape index (κ3) is 2.87. The normalized spacial score (nSPS) is 16.7. The Kier molecular flexibility index (Phi) is 3.85. The smallest absolute Gasteiger partial charge is 0.154 e. The maximum atomic E-state index is 13.7. The quantitative estimate of drug-likeness (QED) is 0.807. The van der Waals surface area contributed by atoms with Gasteiger partial charge in [-0.2, -0.15) is 0 Å². The van der Waals surface area contributed by atoms with Gasteiger partial charge in [-0.25, -0.2) is 9.37 Å². The molecular formula is C17H19FN4O. The lowest BCUT2D eigenvalue weighted by Gasteiger charge is -2.19. The van der Waals surface area contributed by atoms with E-state index >= 15 is 0 Å². The summed E-state index contributed by atoms with van der Waals surface area (Å²) in [6.07, 6.45) is 4.25. The van der Waals surface area contributed by atoms with Gasteiger partial charge in [0.15, 0.2) is 5.76 Å². The lowest BCUT2D eigenvalue weighted by atomic mass is 10.2.